The summed E-state index contributed by atoms with van der Waals surface area (Å²) in [5.41, 5.74) is 5.14. The van der Waals surface area contributed by atoms with E-state index in [9.17, 15) is 9.59 Å². The van der Waals surface area contributed by atoms with Gasteiger partial charge in [-0.05, 0) is 46.2 Å². The van der Waals surface area contributed by atoms with E-state index in [-0.39, 0.29) is 17.5 Å². The normalized spacial score (nSPS) is 14.0. The summed E-state index contributed by atoms with van der Waals surface area (Å²) in [6, 6.07) is 19.2. The van der Waals surface area contributed by atoms with Gasteiger partial charge in [-0.3, -0.25) is 15.0 Å². The number of benzene rings is 4. The molecule has 0 heterocycles. The fourth-order valence-electron chi connectivity index (χ4n) is 4.78. The lowest BCUT2D eigenvalue weighted by Crippen LogP contribution is -2.21. The minimum atomic E-state index is 0.130. The molecular formula is C25H17N3O2. The fourth-order valence-corrected chi connectivity index (χ4v) is 4.78. The van der Waals surface area contributed by atoms with Crippen LogP contribution in [0, 0.1) is 5.41 Å². The van der Waals surface area contributed by atoms with Gasteiger partial charge < -0.3 is 10.6 Å². The van der Waals surface area contributed by atoms with E-state index in [2.05, 4.69) is 10.6 Å². The van der Waals surface area contributed by atoms with Crippen molar-refractivity contribution in [1.82, 2.24) is 0 Å². The first-order valence-electron chi connectivity index (χ1n) is 9.88. The zero-order valence-electron chi connectivity index (χ0n) is 16.0. The Balaban J connectivity index is 1.36. The van der Waals surface area contributed by atoms with E-state index < -0.39 is 0 Å². The lowest BCUT2D eigenvalue weighted by molar-refractivity contribution is 0.0991. The van der Waals surface area contributed by atoms with E-state index in [1.165, 1.54) is 0 Å². The molecule has 0 aliphatic heterocycles. The van der Waals surface area contributed by atoms with Crippen LogP contribution in [0.1, 0.15) is 31.8 Å². The smallest absolute Gasteiger partial charge is 0.197 e. The van der Waals surface area contributed by atoms with Gasteiger partial charge in [0.1, 0.15) is 0 Å². The number of rotatable bonds is 2. The summed E-state index contributed by atoms with van der Waals surface area (Å²) >= 11 is 0. The van der Waals surface area contributed by atoms with Crippen LogP contribution in [-0.2, 0) is 12.8 Å². The first-order valence-corrected chi connectivity index (χ1v) is 9.88. The van der Waals surface area contributed by atoms with Crippen LogP contribution in [0.2, 0.25) is 0 Å². The van der Waals surface area contributed by atoms with Crippen molar-refractivity contribution in [2.45, 2.75) is 12.8 Å². The molecule has 0 spiro atoms. The number of hydrogen-bond acceptors (Lipinski definition) is 3. The van der Waals surface area contributed by atoms with Gasteiger partial charge in [-0.25, -0.2) is 0 Å². The van der Waals surface area contributed by atoms with Gasteiger partial charge in [-0.1, -0.05) is 36.4 Å². The van der Waals surface area contributed by atoms with Gasteiger partial charge in [-0.15, -0.1) is 0 Å². The van der Waals surface area contributed by atoms with Crippen LogP contribution in [0.15, 0.2) is 60.7 Å². The molecule has 0 radical (unpaired) electrons. The maximum atomic E-state index is 12.2. The van der Waals surface area contributed by atoms with Crippen molar-refractivity contribution in [3.8, 4) is 0 Å². The van der Waals surface area contributed by atoms with Gasteiger partial charge in [0.25, 0.3) is 0 Å². The van der Waals surface area contributed by atoms with Crippen molar-refractivity contribution >= 4 is 50.4 Å². The zero-order chi connectivity index (χ0) is 20.4. The maximum Gasteiger partial charge on any atom is 0.197 e. The van der Waals surface area contributed by atoms with Gasteiger partial charge in [0.05, 0.1) is 0 Å². The number of anilines is 2. The lowest BCUT2D eigenvalue weighted by Gasteiger charge is -2.15. The summed E-state index contributed by atoms with van der Waals surface area (Å²) in [6.07, 6.45) is 0.871. The summed E-state index contributed by atoms with van der Waals surface area (Å²) < 4.78 is 0. The molecule has 144 valence electrons. The van der Waals surface area contributed by atoms with Crippen LogP contribution < -0.4 is 10.6 Å². The molecular weight excluding hydrogens is 374 g/mol. The summed E-state index contributed by atoms with van der Waals surface area (Å²) in [4.78, 5) is 24.5. The summed E-state index contributed by atoms with van der Waals surface area (Å²) in [7, 11) is 0. The molecule has 0 atom stereocenters. The molecule has 5 nitrogen and oxygen atoms in total. The molecule has 0 aromatic heterocycles. The predicted molar refractivity (Wildman–Crippen MR) is 119 cm³/mol. The molecule has 30 heavy (non-hydrogen) atoms. The molecule has 4 aromatic rings. The van der Waals surface area contributed by atoms with Gasteiger partial charge in [0, 0.05) is 46.1 Å². The molecule has 0 unspecified atom stereocenters. The second-order valence-electron chi connectivity index (χ2n) is 7.83. The van der Waals surface area contributed by atoms with Crippen LogP contribution in [0.3, 0.4) is 0 Å². The number of guanidine groups is 1. The highest BCUT2D eigenvalue weighted by molar-refractivity contribution is 6.21. The zero-order valence-corrected chi connectivity index (χ0v) is 16.0. The number of Topliss-reactive ketones (excluding diaryl/α,β-unsaturated/α-hetero) is 2. The minimum Gasteiger partial charge on any atom is -0.326 e. The number of hydrogen-bond donors (Lipinski definition) is 3. The Morgan fingerprint density at radius 2 is 1.13 bits per heavy atom. The largest absolute Gasteiger partial charge is 0.326 e. The summed E-state index contributed by atoms with van der Waals surface area (Å²) in [5, 5.41) is 18.6. The second kappa shape index (κ2) is 6.00. The molecule has 2 aliphatic rings. The fraction of sp³-hybridized carbons (Fsp3) is 0.0800. The Morgan fingerprint density at radius 3 is 1.60 bits per heavy atom. The van der Waals surface area contributed by atoms with Gasteiger partial charge in [0.15, 0.2) is 17.5 Å². The number of ketones is 2. The van der Waals surface area contributed by atoms with E-state index in [1.807, 2.05) is 60.7 Å². The van der Waals surface area contributed by atoms with Crippen LogP contribution in [0.5, 0.6) is 0 Å². The minimum absolute atomic E-state index is 0.130. The third-order valence-electron chi connectivity index (χ3n) is 6.08. The van der Waals surface area contributed by atoms with Crippen molar-refractivity contribution in [2.75, 3.05) is 10.6 Å². The molecule has 0 saturated carbocycles. The number of nitrogens with one attached hydrogen (secondary N) is 3. The molecule has 2 aliphatic carbocycles. The Hall–Kier alpha value is -3.99. The molecule has 5 heteroatoms. The Kier molecular flexibility index (Phi) is 3.39. The van der Waals surface area contributed by atoms with E-state index in [0.29, 0.717) is 12.8 Å². The van der Waals surface area contributed by atoms with Gasteiger partial charge in [0.2, 0.25) is 0 Å². The van der Waals surface area contributed by atoms with E-state index in [1.54, 1.807) is 0 Å². The molecule has 4 aromatic carbocycles. The molecule has 0 fully saturated rings. The summed E-state index contributed by atoms with van der Waals surface area (Å²) in [5.74, 6) is 0.414. The molecule has 3 N–H and O–H groups in total. The monoisotopic (exact) mass is 391 g/mol. The molecule has 6 rings (SSSR count). The first-order chi connectivity index (χ1) is 14.6. The Bertz CT molecular complexity index is 1340. The van der Waals surface area contributed by atoms with E-state index >= 15 is 0 Å². The number of carbonyl (C=O) groups excluding carboxylic acids is 2. The van der Waals surface area contributed by atoms with Crippen LogP contribution in [0.4, 0.5) is 11.4 Å². The highest BCUT2D eigenvalue weighted by Gasteiger charge is 2.24. The van der Waals surface area contributed by atoms with Crippen LogP contribution >= 0.6 is 0 Å². The number of carbonyl (C=O) groups is 2. The average Bonchev–Trinajstić information content (AvgIpc) is 3.24. The Morgan fingerprint density at radius 1 is 0.667 bits per heavy atom. The molecule has 0 amide bonds. The highest BCUT2D eigenvalue weighted by atomic mass is 16.1. The third-order valence-corrected chi connectivity index (χ3v) is 6.08. The third kappa shape index (κ3) is 2.32. The van der Waals surface area contributed by atoms with Crippen molar-refractivity contribution in [1.29, 1.82) is 5.41 Å². The maximum absolute atomic E-state index is 12.2. The SMILES string of the molecule is N=C(Nc1ccc2c3c(cccc13)CC2=O)Nc1ccc2c3c(cccc13)CC2=O. The van der Waals surface area contributed by atoms with Crippen molar-refractivity contribution in [3.05, 3.63) is 82.9 Å². The Labute approximate surface area is 172 Å². The molecule has 0 bridgehead atoms. The highest BCUT2D eigenvalue weighted by Crippen LogP contribution is 2.36. The first kappa shape index (κ1) is 16.9. The summed E-state index contributed by atoms with van der Waals surface area (Å²) in [6.45, 7) is 0. The van der Waals surface area contributed by atoms with Crippen molar-refractivity contribution in [2.24, 2.45) is 0 Å². The van der Waals surface area contributed by atoms with E-state index in [0.717, 1.165) is 55.2 Å². The van der Waals surface area contributed by atoms with Crippen molar-refractivity contribution in [3.63, 3.8) is 0 Å². The molecule has 0 saturated heterocycles. The van der Waals surface area contributed by atoms with Crippen molar-refractivity contribution < 1.29 is 9.59 Å². The predicted octanol–water partition coefficient (Wildman–Crippen LogP) is 4.93. The van der Waals surface area contributed by atoms with Crippen LogP contribution in [0.25, 0.3) is 21.5 Å². The quantitative estimate of drug-likeness (QED) is 0.334. The lowest BCUT2D eigenvalue weighted by atomic mass is 10.0. The van der Waals surface area contributed by atoms with Crippen LogP contribution in [-0.4, -0.2) is 17.5 Å². The van der Waals surface area contributed by atoms with Gasteiger partial charge in [-0.2, -0.15) is 0 Å². The standard InChI is InChI=1S/C25H17N3O2/c26-25(27-19-9-7-17-21(29)11-13-3-1-5-15(19)23(13)17)28-20-10-8-18-22(30)12-14-4-2-6-16(20)24(14)18/h1-10H,11-12H2,(H3,26,27,28). The van der Waals surface area contributed by atoms with Gasteiger partial charge >= 0.3 is 0 Å². The second-order valence-corrected chi connectivity index (χ2v) is 7.83. The average molecular weight is 391 g/mol. The topological polar surface area (TPSA) is 82.1 Å². The van der Waals surface area contributed by atoms with E-state index in [4.69, 9.17) is 5.41 Å².